The number of ether oxygens (including phenoxy) is 2. The maximum Gasteiger partial charge on any atom is 0.266 e. The third-order valence-electron chi connectivity index (χ3n) is 4.61. The van der Waals surface area contributed by atoms with Crippen LogP contribution in [0.2, 0.25) is 0 Å². The van der Waals surface area contributed by atoms with Crippen LogP contribution in [0.25, 0.3) is 11.0 Å². The number of anilines is 2. The Morgan fingerprint density at radius 3 is 2.18 bits per heavy atom. The van der Waals surface area contributed by atoms with E-state index >= 15 is 0 Å². The van der Waals surface area contributed by atoms with E-state index in [1.165, 1.54) is 0 Å². The zero-order valence-electron chi connectivity index (χ0n) is 16.0. The molecule has 0 aliphatic carbocycles. The fraction of sp³-hybridized carbons (Fsp3) is 0.286. The van der Waals surface area contributed by atoms with E-state index in [0.717, 1.165) is 16.8 Å². The van der Waals surface area contributed by atoms with Crippen LogP contribution in [0.1, 0.15) is 6.92 Å². The smallest absolute Gasteiger partial charge is 0.266 e. The number of rotatable bonds is 5. The van der Waals surface area contributed by atoms with Crippen molar-refractivity contribution in [3.8, 4) is 11.5 Å². The first-order chi connectivity index (χ1) is 13.7. The van der Waals surface area contributed by atoms with Crippen molar-refractivity contribution in [1.82, 2.24) is 9.97 Å². The van der Waals surface area contributed by atoms with E-state index in [4.69, 9.17) is 9.47 Å². The molecule has 0 saturated heterocycles. The normalized spacial score (nSPS) is 13.4. The lowest BCUT2D eigenvalue weighted by molar-refractivity contribution is -0.120. The number of aromatic nitrogens is 2. The highest BCUT2D eigenvalue weighted by molar-refractivity contribution is 5.98. The molecular formula is C21H22N4O3. The Morgan fingerprint density at radius 2 is 1.54 bits per heavy atom. The molecule has 28 heavy (non-hydrogen) atoms. The van der Waals surface area contributed by atoms with E-state index in [9.17, 15) is 4.79 Å². The molecule has 0 unspecified atom stereocenters. The van der Waals surface area contributed by atoms with Gasteiger partial charge in [-0.3, -0.25) is 9.69 Å². The largest absolute Gasteiger partial charge is 0.494 e. The molecule has 1 aromatic heterocycles. The molecule has 7 heteroatoms. The van der Waals surface area contributed by atoms with Gasteiger partial charge in [-0.05, 0) is 43.3 Å². The molecule has 4 rings (SSSR count). The summed E-state index contributed by atoms with van der Waals surface area (Å²) in [7, 11) is 1.96. The van der Waals surface area contributed by atoms with Gasteiger partial charge in [-0.25, -0.2) is 9.97 Å². The second-order valence-electron chi connectivity index (χ2n) is 6.52. The number of hydrogen-bond acceptors (Lipinski definition) is 6. The average Bonchev–Trinajstić information content (AvgIpc) is 2.72. The first-order valence-corrected chi connectivity index (χ1v) is 9.29. The highest BCUT2D eigenvalue weighted by Gasteiger charge is 2.28. The summed E-state index contributed by atoms with van der Waals surface area (Å²) in [5.41, 5.74) is 1.58. The summed E-state index contributed by atoms with van der Waals surface area (Å²) in [6.07, 6.45) is 0. The molecule has 1 aliphatic heterocycles. The van der Waals surface area contributed by atoms with Crippen LogP contribution in [0.4, 0.5) is 11.6 Å². The second-order valence-corrected chi connectivity index (χ2v) is 6.52. The molecule has 0 spiro atoms. The van der Waals surface area contributed by atoms with Crippen LogP contribution < -0.4 is 19.3 Å². The molecule has 2 heterocycles. The van der Waals surface area contributed by atoms with Crippen molar-refractivity contribution >= 4 is 28.6 Å². The maximum atomic E-state index is 12.8. The van der Waals surface area contributed by atoms with Gasteiger partial charge < -0.3 is 14.4 Å². The van der Waals surface area contributed by atoms with Crippen molar-refractivity contribution < 1.29 is 14.3 Å². The van der Waals surface area contributed by atoms with Gasteiger partial charge in [0.25, 0.3) is 5.91 Å². The predicted octanol–water partition coefficient (Wildman–Crippen LogP) is 2.89. The molecule has 144 valence electrons. The molecule has 0 N–H and O–H groups in total. The van der Waals surface area contributed by atoms with Gasteiger partial charge in [0.15, 0.2) is 18.2 Å². The lowest BCUT2D eigenvalue weighted by Gasteiger charge is -2.33. The summed E-state index contributed by atoms with van der Waals surface area (Å²) in [5, 5.41) is 0. The maximum absolute atomic E-state index is 12.8. The van der Waals surface area contributed by atoms with Gasteiger partial charge in [0, 0.05) is 20.1 Å². The third kappa shape index (κ3) is 3.55. The van der Waals surface area contributed by atoms with Crippen LogP contribution in [-0.2, 0) is 4.79 Å². The third-order valence-corrected chi connectivity index (χ3v) is 4.61. The highest BCUT2D eigenvalue weighted by atomic mass is 16.5. The topological polar surface area (TPSA) is 67.8 Å². The molecule has 3 aromatic rings. The fourth-order valence-electron chi connectivity index (χ4n) is 3.14. The van der Waals surface area contributed by atoms with Crippen LogP contribution >= 0.6 is 0 Å². The predicted molar refractivity (Wildman–Crippen MR) is 108 cm³/mol. The van der Waals surface area contributed by atoms with E-state index in [1.807, 2.05) is 55.3 Å². The second kappa shape index (κ2) is 7.72. The lowest BCUT2D eigenvalue weighted by atomic mass is 10.2. The zero-order chi connectivity index (χ0) is 19.5. The van der Waals surface area contributed by atoms with Crippen LogP contribution in [0.15, 0.2) is 48.5 Å². The summed E-state index contributed by atoms with van der Waals surface area (Å²) in [4.78, 5) is 25.9. The van der Waals surface area contributed by atoms with Crippen LogP contribution in [-0.4, -0.2) is 49.2 Å². The summed E-state index contributed by atoms with van der Waals surface area (Å²) in [6, 6.07) is 14.9. The van der Waals surface area contributed by atoms with Gasteiger partial charge in [0.1, 0.15) is 11.5 Å². The molecule has 1 aliphatic rings. The van der Waals surface area contributed by atoms with Crippen LogP contribution in [0, 0.1) is 0 Å². The zero-order valence-corrected chi connectivity index (χ0v) is 16.0. The van der Waals surface area contributed by atoms with E-state index in [2.05, 4.69) is 9.97 Å². The first kappa shape index (κ1) is 18.0. The lowest BCUT2D eigenvalue weighted by Crippen LogP contribution is -2.45. The Labute approximate surface area is 163 Å². The van der Waals surface area contributed by atoms with Gasteiger partial charge in [-0.2, -0.15) is 0 Å². The Balaban J connectivity index is 1.52. The van der Waals surface area contributed by atoms with Gasteiger partial charge in [-0.1, -0.05) is 12.1 Å². The summed E-state index contributed by atoms with van der Waals surface area (Å²) in [5.74, 6) is 2.53. The minimum Gasteiger partial charge on any atom is -0.494 e. The SMILES string of the molecule is CCOc1ccc(OCC(=O)N2CCN(C)c3nc4ccccc4nc32)cc1. The minimum atomic E-state index is -0.146. The number of amides is 1. The van der Waals surface area contributed by atoms with Crippen molar-refractivity contribution in [2.45, 2.75) is 6.92 Å². The molecule has 0 fully saturated rings. The number of fused-ring (bicyclic) bond motifs is 2. The standard InChI is InChI=1S/C21H22N4O3/c1-3-27-15-8-10-16(11-9-15)28-14-19(26)25-13-12-24(2)20-21(25)23-18-7-5-4-6-17(18)22-20/h4-11H,3,12-14H2,1-2H3. The monoisotopic (exact) mass is 378 g/mol. The van der Waals surface area contributed by atoms with E-state index in [0.29, 0.717) is 37.1 Å². The van der Waals surface area contributed by atoms with E-state index in [1.54, 1.807) is 17.0 Å². The van der Waals surface area contributed by atoms with Crippen LogP contribution in [0.3, 0.4) is 0 Å². The van der Waals surface area contributed by atoms with Crippen LogP contribution in [0.5, 0.6) is 11.5 Å². The minimum absolute atomic E-state index is 0.0638. The van der Waals surface area contributed by atoms with Crippen molar-refractivity contribution in [2.24, 2.45) is 0 Å². The van der Waals surface area contributed by atoms with E-state index in [-0.39, 0.29) is 12.5 Å². The van der Waals surface area contributed by atoms with Gasteiger partial charge >= 0.3 is 0 Å². The quantitative estimate of drug-likeness (QED) is 0.680. The molecule has 1 amide bonds. The number of carbonyl (C=O) groups is 1. The molecular weight excluding hydrogens is 356 g/mol. The molecule has 0 saturated carbocycles. The highest BCUT2D eigenvalue weighted by Crippen LogP contribution is 2.30. The molecule has 0 atom stereocenters. The number of hydrogen-bond donors (Lipinski definition) is 0. The summed E-state index contributed by atoms with van der Waals surface area (Å²) in [6.45, 7) is 3.71. The Hall–Kier alpha value is -3.35. The Kier molecular flexibility index (Phi) is 4.97. The Morgan fingerprint density at radius 1 is 0.929 bits per heavy atom. The van der Waals surface area contributed by atoms with Gasteiger partial charge in [0.05, 0.1) is 17.6 Å². The Bertz CT molecular complexity index is 991. The van der Waals surface area contributed by atoms with Gasteiger partial charge in [0.2, 0.25) is 0 Å². The van der Waals surface area contributed by atoms with Crippen molar-refractivity contribution in [2.75, 3.05) is 43.2 Å². The number of carbonyl (C=O) groups excluding carboxylic acids is 1. The average molecular weight is 378 g/mol. The molecule has 2 aromatic carbocycles. The van der Waals surface area contributed by atoms with Crippen molar-refractivity contribution in [3.63, 3.8) is 0 Å². The number of nitrogens with zero attached hydrogens (tertiary/aromatic N) is 4. The molecule has 7 nitrogen and oxygen atoms in total. The number of benzene rings is 2. The van der Waals surface area contributed by atoms with Crippen molar-refractivity contribution in [3.05, 3.63) is 48.5 Å². The number of para-hydroxylation sites is 2. The van der Waals surface area contributed by atoms with Gasteiger partial charge in [-0.15, -0.1) is 0 Å². The fourth-order valence-corrected chi connectivity index (χ4v) is 3.14. The summed E-state index contributed by atoms with van der Waals surface area (Å²) >= 11 is 0. The molecule has 0 bridgehead atoms. The number of likely N-dealkylation sites (N-methyl/N-ethyl adjacent to an activating group) is 1. The first-order valence-electron chi connectivity index (χ1n) is 9.29. The van der Waals surface area contributed by atoms with Crippen molar-refractivity contribution in [1.29, 1.82) is 0 Å². The summed E-state index contributed by atoms with van der Waals surface area (Å²) < 4.78 is 11.1. The van der Waals surface area contributed by atoms with E-state index < -0.39 is 0 Å². The molecule has 0 radical (unpaired) electrons.